The molecule has 0 aliphatic heterocycles. The van der Waals surface area contributed by atoms with Crippen LogP contribution in [0.1, 0.15) is 26.2 Å². The van der Waals surface area contributed by atoms with Crippen molar-refractivity contribution in [2.75, 3.05) is 0 Å². The van der Waals surface area contributed by atoms with Crippen LogP contribution in [-0.4, -0.2) is 5.84 Å². The molecule has 1 radical (unpaired) electrons. The molecule has 0 atom stereocenters. The fourth-order valence-electron chi connectivity index (χ4n) is 0.358. The molecule has 0 amide bonds. The van der Waals surface area contributed by atoms with Crippen molar-refractivity contribution in [2.45, 2.75) is 26.2 Å². The molecular formula is C5H11N2Re-. The van der Waals surface area contributed by atoms with Gasteiger partial charge in [-0.1, -0.05) is 25.6 Å². The van der Waals surface area contributed by atoms with Crippen molar-refractivity contribution >= 4 is 5.84 Å². The van der Waals surface area contributed by atoms with Gasteiger partial charge in [0.2, 0.25) is 0 Å². The zero-order valence-electron chi connectivity index (χ0n) is 5.02. The Balaban J connectivity index is 0. The molecule has 0 rings (SSSR count). The summed E-state index contributed by atoms with van der Waals surface area (Å²) in [7, 11) is 0. The van der Waals surface area contributed by atoms with E-state index in [1.807, 2.05) is 0 Å². The van der Waals surface area contributed by atoms with E-state index in [1.165, 1.54) is 0 Å². The smallest absolute Gasteiger partial charge is 0 e. The fraction of sp³-hybridized carbons (Fsp3) is 0.800. The van der Waals surface area contributed by atoms with Crippen molar-refractivity contribution in [2.24, 2.45) is 5.73 Å². The van der Waals surface area contributed by atoms with Crippen LogP contribution >= 0.6 is 0 Å². The van der Waals surface area contributed by atoms with Gasteiger partial charge in [-0.25, -0.2) is 0 Å². The van der Waals surface area contributed by atoms with Gasteiger partial charge < -0.3 is 11.1 Å². The van der Waals surface area contributed by atoms with E-state index in [1.54, 1.807) is 0 Å². The van der Waals surface area contributed by atoms with Gasteiger partial charge in [-0.3, -0.25) is 0 Å². The predicted octanol–water partition coefficient (Wildman–Crippen LogP) is 1.10. The summed E-state index contributed by atoms with van der Waals surface area (Å²) in [6.45, 7) is 2.06. The third-order valence-corrected chi connectivity index (χ3v) is 0.786. The molecule has 0 heterocycles. The van der Waals surface area contributed by atoms with Crippen LogP contribution in [0.15, 0.2) is 0 Å². The molecule has 3 heteroatoms. The largest absolute Gasteiger partial charge is 0.498 e. The predicted molar refractivity (Wildman–Crippen MR) is 32.1 cm³/mol. The van der Waals surface area contributed by atoms with E-state index in [0.717, 1.165) is 12.8 Å². The van der Waals surface area contributed by atoms with Crippen LogP contribution in [0.2, 0.25) is 0 Å². The van der Waals surface area contributed by atoms with Gasteiger partial charge in [0.25, 0.3) is 0 Å². The molecule has 0 aliphatic carbocycles. The first kappa shape index (κ1) is 11.0. The molecule has 0 aromatic carbocycles. The van der Waals surface area contributed by atoms with E-state index in [4.69, 9.17) is 11.1 Å². The number of rotatable bonds is 3. The summed E-state index contributed by atoms with van der Waals surface area (Å²) < 4.78 is 0. The average Bonchev–Trinajstić information content (AvgIpc) is 1.61. The van der Waals surface area contributed by atoms with E-state index in [2.05, 4.69) is 6.92 Å². The molecule has 2 nitrogen and oxygen atoms in total. The van der Waals surface area contributed by atoms with E-state index in [-0.39, 0.29) is 26.3 Å². The molecule has 0 aromatic rings. The summed E-state index contributed by atoms with van der Waals surface area (Å²) in [6, 6.07) is 0. The molecule has 8 heavy (non-hydrogen) atoms. The SMILES string of the molecule is CCCCC(=[N-])N.[Re]. The summed E-state index contributed by atoms with van der Waals surface area (Å²) >= 11 is 0. The maximum Gasteiger partial charge on any atom is 0 e. The molecular weight excluding hydrogens is 274 g/mol. The molecule has 0 aliphatic rings. The Labute approximate surface area is 64.0 Å². The van der Waals surface area contributed by atoms with E-state index >= 15 is 0 Å². The Morgan fingerprint density at radius 1 is 1.62 bits per heavy atom. The molecule has 0 fully saturated rings. The molecule has 0 aromatic heterocycles. The number of nitrogens with two attached hydrogens (primary N) is 1. The van der Waals surface area contributed by atoms with Crippen molar-refractivity contribution in [1.82, 2.24) is 0 Å². The Morgan fingerprint density at radius 3 is 2.25 bits per heavy atom. The molecule has 0 bridgehead atoms. The first-order chi connectivity index (χ1) is 3.27. The van der Waals surface area contributed by atoms with Crippen LogP contribution in [0.25, 0.3) is 5.41 Å². The number of hydrogen-bond acceptors (Lipinski definition) is 0. The Kier molecular flexibility index (Phi) is 9.81. The van der Waals surface area contributed by atoms with Crippen LogP contribution in [0.5, 0.6) is 0 Å². The topological polar surface area (TPSA) is 48.3 Å². The second-order valence-electron chi connectivity index (χ2n) is 1.59. The third-order valence-electron chi connectivity index (χ3n) is 0.786. The van der Waals surface area contributed by atoms with Crippen molar-refractivity contribution in [3.05, 3.63) is 5.41 Å². The van der Waals surface area contributed by atoms with Crippen molar-refractivity contribution in [1.29, 1.82) is 0 Å². The van der Waals surface area contributed by atoms with Crippen molar-refractivity contribution in [3.8, 4) is 0 Å². The van der Waals surface area contributed by atoms with Crippen molar-refractivity contribution in [3.63, 3.8) is 0 Å². The van der Waals surface area contributed by atoms with E-state index in [0.29, 0.717) is 6.42 Å². The summed E-state index contributed by atoms with van der Waals surface area (Å²) in [5.74, 6) is 0.0573. The minimum atomic E-state index is 0. The standard InChI is InChI=1S/C5H11N2.Re/c1-2-3-4-5(6)7;/h2-4H2,1H3,(H2-,6,7);/q-1;. The molecule has 0 unspecified atom stereocenters. The summed E-state index contributed by atoms with van der Waals surface area (Å²) in [5, 5.41) is 8.38. The van der Waals surface area contributed by atoms with Gasteiger partial charge in [0.1, 0.15) is 0 Å². The monoisotopic (exact) mass is 286 g/mol. The molecule has 49 valence electrons. The maximum absolute atomic E-state index is 8.38. The quantitative estimate of drug-likeness (QED) is 0.612. The Bertz CT molecular complexity index is 63.4. The second-order valence-corrected chi connectivity index (χ2v) is 1.59. The Morgan fingerprint density at radius 2 is 2.12 bits per heavy atom. The minimum Gasteiger partial charge on any atom is -0.498 e. The van der Waals surface area contributed by atoms with Gasteiger partial charge in [-0.2, -0.15) is 0 Å². The summed E-state index contributed by atoms with van der Waals surface area (Å²) in [5.41, 5.74) is 4.95. The average molecular weight is 285 g/mol. The zero-order valence-corrected chi connectivity index (χ0v) is 7.74. The number of hydrogen-bond donors (Lipinski definition) is 1. The first-order valence-electron chi connectivity index (χ1n) is 2.57. The minimum absolute atomic E-state index is 0. The summed E-state index contributed by atoms with van der Waals surface area (Å²) in [4.78, 5) is 0. The van der Waals surface area contributed by atoms with Gasteiger partial charge in [-0.05, 0) is 6.42 Å². The number of unbranched alkanes of at least 4 members (excludes halogenated alkanes) is 1. The van der Waals surface area contributed by atoms with Crippen LogP contribution in [0, 0.1) is 0 Å². The van der Waals surface area contributed by atoms with E-state index in [9.17, 15) is 0 Å². The molecule has 0 saturated carbocycles. The second kappa shape index (κ2) is 7.13. The zero-order chi connectivity index (χ0) is 5.70. The summed E-state index contributed by atoms with van der Waals surface area (Å²) in [6.07, 6.45) is 2.72. The van der Waals surface area contributed by atoms with Crippen LogP contribution in [0.3, 0.4) is 0 Å². The Hall–Kier alpha value is 0.132. The van der Waals surface area contributed by atoms with Crippen LogP contribution in [0.4, 0.5) is 0 Å². The normalized spacial score (nSPS) is 7.62. The first-order valence-corrected chi connectivity index (χ1v) is 2.57. The van der Waals surface area contributed by atoms with Crippen molar-refractivity contribution < 1.29 is 20.4 Å². The van der Waals surface area contributed by atoms with Crippen LogP contribution in [-0.2, 0) is 20.4 Å². The van der Waals surface area contributed by atoms with Gasteiger partial charge in [0, 0.05) is 20.4 Å². The molecule has 0 saturated heterocycles. The van der Waals surface area contributed by atoms with Gasteiger partial charge >= 0.3 is 0 Å². The van der Waals surface area contributed by atoms with E-state index < -0.39 is 0 Å². The van der Waals surface area contributed by atoms with Gasteiger partial charge in [0.15, 0.2) is 0 Å². The van der Waals surface area contributed by atoms with Gasteiger partial charge in [0.05, 0.1) is 0 Å². The fourth-order valence-corrected chi connectivity index (χ4v) is 0.358. The maximum atomic E-state index is 8.38. The molecule has 2 N–H and O–H groups in total. The number of nitrogens with zero attached hydrogens (tertiary/aromatic N) is 1. The van der Waals surface area contributed by atoms with Crippen LogP contribution < -0.4 is 5.73 Å². The van der Waals surface area contributed by atoms with Gasteiger partial charge in [-0.15, -0.1) is 0 Å². The number of amidine groups is 1. The third kappa shape index (κ3) is 9.46. The molecule has 0 spiro atoms.